The van der Waals surface area contributed by atoms with Gasteiger partial charge >= 0.3 is 0 Å². The van der Waals surface area contributed by atoms with E-state index in [2.05, 4.69) is 0 Å². The predicted molar refractivity (Wildman–Crippen MR) is 80.7 cm³/mol. The Balaban J connectivity index is 2.14. The monoisotopic (exact) mass is 288 g/mol. The number of Topliss-reactive ketones (excluding diaryl/α,β-unsaturated/α-hetero) is 2. The van der Waals surface area contributed by atoms with Crippen LogP contribution < -0.4 is 0 Å². The number of hydrogen-bond acceptors (Lipinski definition) is 4. The second-order valence-corrected chi connectivity index (χ2v) is 4.85. The molecule has 112 valence electrons. The number of rotatable bonds is 8. The summed E-state index contributed by atoms with van der Waals surface area (Å²) in [5.41, 5.74) is 1.58. The molecule has 0 aliphatic rings. The van der Waals surface area contributed by atoms with Crippen molar-refractivity contribution in [3.05, 3.63) is 35.6 Å². The minimum Gasteiger partial charge on any atom is -0.453 e. The van der Waals surface area contributed by atoms with Crippen molar-refractivity contribution >= 4 is 22.5 Å². The number of carbonyl (C=O) groups excluding carboxylic acids is 2. The normalized spacial score (nSPS) is 11.0. The molecule has 0 aliphatic carbocycles. The van der Waals surface area contributed by atoms with Crippen molar-refractivity contribution in [1.82, 2.24) is 0 Å². The van der Waals surface area contributed by atoms with Gasteiger partial charge in [0.25, 0.3) is 0 Å². The highest BCUT2D eigenvalue weighted by molar-refractivity contribution is 6.09. The highest BCUT2D eigenvalue weighted by Gasteiger charge is 2.21. The van der Waals surface area contributed by atoms with Gasteiger partial charge in [0.2, 0.25) is 5.78 Å². The molecule has 0 spiro atoms. The van der Waals surface area contributed by atoms with Crippen molar-refractivity contribution in [2.75, 3.05) is 13.2 Å². The summed E-state index contributed by atoms with van der Waals surface area (Å²) in [6.07, 6.45) is 0.840. The van der Waals surface area contributed by atoms with Crippen molar-refractivity contribution in [2.24, 2.45) is 0 Å². The van der Waals surface area contributed by atoms with Crippen LogP contribution in [0.15, 0.2) is 28.7 Å². The molecule has 1 aromatic heterocycles. The van der Waals surface area contributed by atoms with E-state index in [0.717, 1.165) is 10.9 Å². The zero-order valence-electron chi connectivity index (χ0n) is 12.5. The third-order valence-corrected chi connectivity index (χ3v) is 3.39. The molecule has 0 aliphatic heterocycles. The average molecular weight is 288 g/mol. The van der Waals surface area contributed by atoms with Crippen LogP contribution in [0.3, 0.4) is 0 Å². The molecule has 1 aromatic carbocycles. The topological polar surface area (TPSA) is 56.5 Å². The van der Waals surface area contributed by atoms with Crippen LogP contribution in [0.2, 0.25) is 0 Å². The summed E-state index contributed by atoms with van der Waals surface area (Å²) in [7, 11) is 0. The Morgan fingerprint density at radius 1 is 1.19 bits per heavy atom. The first kappa shape index (κ1) is 15.4. The molecule has 4 heteroatoms. The van der Waals surface area contributed by atoms with Crippen molar-refractivity contribution < 1.29 is 18.7 Å². The summed E-state index contributed by atoms with van der Waals surface area (Å²) in [5, 5.41) is 0.949. The maximum atomic E-state index is 12.3. The van der Waals surface area contributed by atoms with Gasteiger partial charge in [0, 0.05) is 24.0 Å². The van der Waals surface area contributed by atoms with Crippen molar-refractivity contribution in [3.8, 4) is 0 Å². The Labute approximate surface area is 124 Å². The number of ether oxygens (including phenoxy) is 1. The lowest BCUT2D eigenvalue weighted by Gasteiger charge is -2.01. The Bertz CT molecular complexity index is 639. The second kappa shape index (κ2) is 7.18. The van der Waals surface area contributed by atoms with Crippen LogP contribution in [0.1, 0.15) is 42.8 Å². The molecule has 0 amide bonds. The zero-order chi connectivity index (χ0) is 15.2. The largest absolute Gasteiger partial charge is 0.453 e. The van der Waals surface area contributed by atoms with Gasteiger partial charge in [0.15, 0.2) is 5.76 Å². The molecular weight excluding hydrogens is 268 g/mol. The van der Waals surface area contributed by atoms with Crippen LogP contribution in [0, 0.1) is 0 Å². The number of aryl methyl sites for hydroxylation is 1. The molecule has 2 aromatic rings. The van der Waals surface area contributed by atoms with Crippen LogP contribution in [0.25, 0.3) is 11.0 Å². The summed E-state index contributed by atoms with van der Waals surface area (Å²) >= 11 is 0. The van der Waals surface area contributed by atoms with E-state index in [1.54, 1.807) is 0 Å². The van der Waals surface area contributed by atoms with E-state index in [0.29, 0.717) is 31.0 Å². The number of hydrogen-bond donors (Lipinski definition) is 0. The number of fused-ring (bicyclic) bond motifs is 1. The number of ketones is 2. The molecular formula is C17H20O4. The Morgan fingerprint density at radius 3 is 2.67 bits per heavy atom. The van der Waals surface area contributed by atoms with Crippen molar-refractivity contribution in [3.63, 3.8) is 0 Å². The van der Waals surface area contributed by atoms with E-state index in [-0.39, 0.29) is 24.4 Å². The van der Waals surface area contributed by atoms with E-state index in [1.165, 1.54) is 0 Å². The summed E-state index contributed by atoms with van der Waals surface area (Å²) in [6, 6.07) is 7.55. The molecule has 2 rings (SSSR count). The third-order valence-electron chi connectivity index (χ3n) is 3.39. The number of furan rings is 1. The summed E-state index contributed by atoms with van der Waals surface area (Å²) in [4.78, 5) is 24.1. The molecule has 21 heavy (non-hydrogen) atoms. The van der Waals surface area contributed by atoms with Crippen LogP contribution in [-0.4, -0.2) is 24.8 Å². The number of benzene rings is 1. The molecule has 0 atom stereocenters. The maximum absolute atomic E-state index is 12.3. The van der Waals surface area contributed by atoms with Gasteiger partial charge in [0.1, 0.15) is 11.4 Å². The third kappa shape index (κ3) is 3.58. The van der Waals surface area contributed by atoms with Gasteiger partial charge in [-0.1, -0.05) is 25.1 Å². The minimum absolute atomic E-state index is 0.115. The lowest BCUT2D eigenvalue weighted by molar-refractivity contribution is -0.119. The fourth-order valence-corrected chi connectivity index (χ4v) is 2.35. The van der Waals surface area contributed by atoms with Gasteiger partial charge in [0.05, 0.1) is 13.0 Å². The second-order valence-electron chi connectivity index (χ2n) is 4.85. The molecule has 0 radical (unpaired) electrons. The summed E-state index contributed by atoms with van der Waals surface area (Å²) < 4.78 is 10.8. The first-order chi connectivity index (χ1) is 10.2. The lowest BCUT2D eigenvalue weighted by Crippen LogP contribution is -2.11. The quantitative estimate of drug-likeness (QED) is 0.423. The van der Waals surface area contributed by atoms with Gasteiger partial charge in [-0.15, -0.1) is 0 Å². The van der Waals surface area contributed by atoms with Crippen LogP contribution in [0.4, 0.5) is 0 Å². The average Bonchev–Trinajstić information content (AvgIpc) is 2.86. The molecule has 0 saturated heterocycles. The SMILES string of the molecule is CCOCCC(=O)CC(=O)c1oc2ccccc2c1CC. The van der Waals surface area contributed by atoms with Gasteiger partial charge in [-0.2, -0.15) is 0 Å². The maximum Gasteiger partial charge on any atom is 0.205 e. The standard InChI is InChI=1S/C17H20O4/c1-3-13-14-7-5-6-8-16(14)21-17(13)15(19)11-12(18)9-10-20-4-2/h5-8H,3-4,9-11H2,1-2H3. The Kier molecular flexibility index (Phi) is 5.28. The minimum atomic E-state index is -0.246. The van der Waals surface area contributed by atoms with Gasteiger partial charge < -0.3 is 9.15 Å². The van der Waals surface area contributed by atoms with Crippen molar-refractivity contribution in [2.45, 2.75) is 33.1 Å². The Morgan fingerprint density at radius 2 is 1.95 bits per heavy atom. The smallest absolute Gasteiger partial charge is 0.205 e. The van der Waals surface area contributed by atoms with E-state index >= 15 is 0 Å². The molecule has 0 saturated carbocycles. The predicted octanol–water partition coefficient (Wildman–Crippen LogP) is 3.56. The number of carbonyl (C=O) groups is 2. The van der Waals surface area contributed by atoms with E-state index in [9.17, 15) is 9.59 Å². The van der Waals surface area contributed by atoms with Gasteiger partial charge in [-0.3, -0.25) is 9.59 Å². The van der Waals surface area contributed by atoms with Gasteiger partial charge in [-0.05, 0) is 19.4 Å². The molecule has 1 heterocycles. The summed E-state index contributed by atoms with van der Waals surface area (Å²) in [5.74, 6) is -0.0380. The zero-order valence-corrected chi connectivity index (χ0v) is 12.5. The number of para-hydroxylation sites is 1. The molecule has 0 bridgehead atoms. The van der Waals surface area contributed by atoms with E-state index in [1.807, 2.05) is 38.1 Å². The fourth-order valence-electron chi connectivity index (χ4n) is 2.35. The van der Waals surface area contributed by atoms with Crippen LogP contribution in [0.5, 0.6) is 0 Å². The first-order valence-corrected chi connectivity index (χ1v) is 7.30. The molecule has 0 fully saturated rings. The molecule has 0 unspecified atom stereocenters. The molecule has 4 nitrogen and oxygen atoms in total. The summed E-state index contributed by atoms with van der Waals surface area (Å²) in [6.45, 7) is 4.79. The van der Waals surface area contributed by atoms with E-state index in [4.69, 9.17) is 9.15 Å². The highest BCUT2D eigenvalue weighted by atomic mass is 16.5. The van der Waals surface area contributed by atoms with Crippen molar-refractivity contribution in [1.29, 1.82) is 0 Å². The Hall–Kier alpha value is -1.94. The first-order valence-electron chi connectivity index (χ1n) is 7.30. The van der Waals surface area contributed by atoms with Crippen LogP contribution in [-0.2, 0) is 16.0 Å². The highest BCUT2D eigenvalue weighted by Crippen LogP contribution is 2.27. The van der Waals surface area contributed by atoms with Gasteiger partial charge in [-0.25, -0.2) is 0 Å². The fraction of sp³-hybridized carbons (Fsp3) is 0.412. The van der Waals surface area contributed by atoms with E-state index < -0.39 is 0 Å². The molecule has 0 N–H and O–H groups in total. The lowest BCUT2D eigenvalue weighted by atomic mass is 10.0. The van der Waals surface area contributed by atoms with Crippen LogP contribution >= 0.6 is 0 Å².